The van der Waals surface area contributed by atoms with E-state index < -0.39 is 19.0 Å². The van der Waals surface area contributed by atoms with Gasteiger partial charge in [-0.05, 0) is 33.2 Å². The summed E-state index contributed by atoms with van der Waals surface area (Å²) in [6.45, 7) is 6.61. The summed E-state index contributed by atoms with van der Waals surface area (Å²) in [7, 11) is -2.65. The molecule has 0 bridgehead atoms. The molecule has 0 fully saturated rings. The van der Waals surface area contributed by atoms with Crippen molar-refractivity contribution < 1.29 is 13.3 Å². The number of nitrogens with zero attached hydrogens (tertiary/aromatic N) is 4. The third-order valence-corrected chi connectivity index (χ3v) is 6.80. The minimum Gasteiger partial charge on any atom is -0.375 e. The van der Waals surface area contributed by atoms with Crippen molar-refractivity contribution in [3.05, 3.63) is 70.6 Å². The first kappa shape index (κ1) is 23.2. The van der Waals surface area contributed by atoms with Crippen LogP contribution >= 0.6 is 18.7 Å². The highest BCUT2D eigenvalue weighted by Crippen LogP contribution is 2.37. The summed E-state index contributed by atoms with van der Waals surface area (Å²) in [6.07, 6.45) is 2.77. The van der Waals surface area contributed by atoms with Crippen LogP contribution in [0.15, 0.2) is 42.7 Å². The van der Waals surface area contributed by atoms with Gasteiger partial charge >= 0.3 is 0 Å². The van der Waals surface area contributed by atoms with Crippen LogP contribution in [0.2, 0.25) is 5.02 Å². The first-order chi connectivity index (χ1) is 15.6. The zero-order valence-corrected chi connectivity index (χ0v) is 20.0. The van der Waals surface area contributed by atoms with E-state index in [0.717, 1.165) is 0 Å². The quantitative estimate of drug-likeness (QED) is 0.361. The number of hydrogen-bond donors (Lipinski definition) is 1. The predicted molar refractivity (Wildman–Crippen MR) is 128 cm³/mol. The van der Waals surface area contributed by atoms with Crippen molar-refractivity contribution in [1.82, 2.24) is 19.9 Å². The molecule has 0 aliphatic rings. The SMILES string of the molecule is Cc1nc2cc(F)c(-c3cnc(P(C)(C)=O)nc3)nc2c(NC(C)c2ccccc2F)c1Cl. The molecule has 3 aromatic heterocycles. The van der Waals surface area contributed by atoms with Gasteiger partial charge in [-0.2, -0.15) is 0 Å². The average molecular weight is 488 g/mol. The number of rotatable bonds is 5. The van der Waals surface area contributed by atoms with Crippen LogP contribution in [0.5, 0.6) is 0 Å². The smallest absolute Gasteiger partial charge is 0.188 e. The Labute approximate surface area is 194 Å². The van der Waals surface area contributed by atoms with Crippen LogP contribution in [0, 0.1) is 18.6 Å². The van der Waals surface area contributed by atoms with Gasteiger partial charge in [-0.15, -0.1) is 0 Å². The monoisotopic (exact) mass is 487 g/mol. The molecule has 10 heteroatoms. The third kappa shape index (κ3) is 4.59. The van der Waals surface area contributed by atoms with Crippen molar-refractivity contribution >= 4 is 41.0 Å². The van der Waals surface area contributed by atoms with E-state index in [9.17, 15) is 13.3 Å². The zero-order valence-electron chi connectivity index (χ0n) is 18.4. The van der Waals surface area contributed by atoms with Crippen LogP contribution in [0.1, 0.15) is 24.2 Å². The molecule has 4 rings (SSSR count). The highest BCUT2D eigenvalue weighted by molar-refractivity contribution is 7.69. The van der Waals surface area contributed by atoms with Crippen molar-refractivity contribution in [3.63, 3.8) is 0 Å². The molecule has 1 unspecified atom stereocenters. The molecule has 3 heterocycles. The number of pyridine rings is 2. The molecule has 170 valence electrons. The number of aromatic nitrogens is 4. The first-order valence-electron chi connectivity index (χ1n) is 10.1. The molecule has 0 aliphatic heterocycles. The molecule has 1 atom stereocenters. The summed E-state index contributed by atoms with van der Waals surface area (Å²) < 4.78 is 41.5. The van der Waals surface area contributed by atoms with E-state index in [1.54, 1.807) is 45.4 Å². The van der Waals surface area contributed by atoms with Crippen molar-refractivity contribution in [1.29, 1.82) is 0 Å². The lowest BCUT2D eigenvalue weighted by molar-refractivity contribution is 0.587. The number of aryl methyl sites for hydroxylation is 1. The summed E-state index contributed by atoms with van der Waals surface area (Å²) in [6, 6.07) is 7.23. The Kier molecular flexibility index (Phi) is 6.16. The maximum atomic E-state index is 15.0. The minimum absolute atomic E-state index is 0.000553. The largest absolute Gasteiger partial charge is 0.375 e. The molecule has 0 radical (unpaired) electrons. The summed E-state index contributed by atoms with van der Waals surface area (Å²) in [5.41, 5.74) is 2.49. The zero-order chi connectivity index (χ0) is 23.9. The highest BCUT2D eigenvalue weighted by Gasteiger charge is 2.21. The van der Waals surface area contributed by atoms with Gasteiger partial charge in [0.2, 0.25) is 0 Å². The Bertz CT molecular complexity index is 1410. The van der Waals surface area contributed by atoms with Gasteiger partial charge < -0.3 is 9.88 Å². The van der Waals surface area contributed by atoms with Crippen molar-refractivity contribution in [2.45, 2.75) is 19.9 Å². The second kappa shape index (κ2) is 8.76. The minimum atomic E-state index is -2.65. The number of anilines is 1. The van der Waals surface area contributed by atoms with Crippen LogP contribution in [-0.2, 0) is 4.57 Å². The molecule has 1 aromatic carbocycles. The molecular weight excluding hydrogens is 467 g/mol. The van der Waals surface area contributed by atoms with Crippen LogP contribution < -0.4 is 10.9 Å². The summed E-state index contributed by atoms with van der Waals surface area (Å²) >= 11 is 6.54. The lowest BCUT2D eigenvalue weighted by atomic mass is 10.1. The van der Waals surface area contributed by atoms with Crippen molar-refractivity contribution in [2.24, 2.45) is 0 Å². The molecule has 1 N–H and O–H groups in total. The third-order valence-electron chi connectivity index (χ3n) is 5.14. The van der Waals surface area contributed by atoms with Crippen LogP contribution in [0.25, 0.3) is 22.3 Å². The standard InChI is InChI=1S/C23H21ClF2N5OP/c1-12(15-7-5-6-8-16(15)25)30-22-19(24)13(2)29-18-9-17(26)20(31-21(18)22)14-10-27-23(28-11-14)33(3,4)32/h5-12H,1-4H3,(H,29,30). The summed E-state index contributed by atoms with van der Waals surface area (Å²) in [4.78, 5) is 17.1. The fraction of sp³-hybridized carbons (Fsp3) is 0.217. The van der Waals surface area contributed by atoms with Gasteiger partial charge in [0.05, 0.1) is 28.0 Å². The van der Waals surface area contributed by atoms with E-state index >= 15 is 0 Å². The molecule has 0 amide bonds. The Morgan fingerprint density at radius 3 is 2.36 bits per heavy atom. The summed E-state index contributed by atoms with van der Waals surface area (Å²) in [5, 5.41) is 3.52. The van der Waals surface area contributed by atoms with Gasteiger partial charge in [-0.1, -0.05) is 29.8 Å². The fourth-order valence-corrected chi connectivity index (χ4v) is 4.30. The lowest BCUT2D eigenvalue weighted by Crippen LogP contribution is -2.13. The van der Waals surface area contributed by atoms with Crippen LogP contribution in [-0.4, -0.2) is 33.3 Å². The molecule has 6 nitrogen and oxygen atoms in total. The van der Waals surface area contributed by atoms with Gasteiger partial charge in [-0.25, -0.2) is 28.7 Å². The predicted octanol–water partition coefficient (Wildman–Crippen LogP) is 5.75. The number of nitrogens with one attached hydrogen (secondary N) is 1. The number of fused-ring (bicyclic) bond motifs is 1. The van der Waals surface area contributed by atoms with E-state index in [-0.39, 0.29) is 17.1 Å². The first-order valence-corrected chi connectivity index (χ1v) is 13.1. The molecule has 4 aromatic rings. The fourth-order valence-electron chi connectivity index (χ4n) is 3.44. The molecule has 0 saturated carbocycles. The molecule has 0 saturated heterocycles. The van der Waals surface area contributed by atoms with E-state index in [4.69, 9.17) is 11.6 Å². The van der Waals surface area contributed by atoms with E-state index in [0.29, 0.717) is 38.6 Å². The van der Waals surface area contributed by atoms with Gasteiger partial charge in [0.15, 0.2) is 11.4 Å². The Hall–Kier alpha value is -2.96. The van der Waals surface area contributed by atoms with Gasteiger partial charge in [-0.3, -0.25) is 0 Å². The highest BCUT2D eigenvalue weighted by atomic mass is 35.5. The van der Waals surface area contributed by atoms with Gasteiger partial charge in [0.25, 0.3) is 0 Å². The Morgan fingerprint density at radius 2 is 1.73 bits per heavy atom. The van der Waals surface area contributed by atoms with Crippen LogP contribution in [0.4, 0.5) is 14.5 Å². The molecule has 33 heavy (non-hydrogen) atoms. The number of benzene rings is 1. The molecule has 0 aliphatic carbocycles. The second-order valence-electron chi connectivity index (χ2n) is 8.08. The second-order valence-corrected chi connectivity index (χ2v) is 11.6. The average Bonchev–Trinajstić information content (AvgIpc) is 2.76. The maximum absolute atomic E-state index is 15.0. The van der Waals surface area contributed by atoms with E-state index in [2.05, 4.69) is 25.3 Å². The topological polar surface area (TPSA) is 80.7 Å². The Morgan fingerprint density at radius 1 is 1.06 bits per heavy atom. The van der Waals surface area contributed by atoms with Crippen molar-refractivity contribution in [3.8, 4) is 11.3 Å². The lowest BCUT2D eigenvalue weighted by Gasteiger charge is -2.20. The van der Waals surface area contributed by atoms with E-state index in [1.807, 2.05) is 0 Å². The van der Waals surface area contributed by atoms with Gasteiger partial charge in [0.1, 0.15) is 24.2 Å². The number of halogens is 3. The maximum Gasteiger partial charge on any atom is 0.188 e. The molecule has 0 spiro atoms. The van der Waals surface area contributed by atoms with Gasteiger partial charge in [0, 0.05) is 29.6 Å². The summed E-state index contributed by atoms with van der Waals surface area (Å²) in [5.74, 6) is -0.970. The molecular formula is C23H21ClF2N5OP. The normalized spacial score (nSPS) is 12.7. The van der Waals surface area contributed by atoms with Crippen molar-refractivity contribution in [2.75, 3.05) is 18.6 Å². The Balaban J connectivity index is 1.84. The van der Waals surface area contributed by atoms with E-state index in [1.165, 1.54) is 24.5 Å². The number of hydrogen-bond acceptors (Lipinski definition) is 6. The van der Waals surface area contributed by atoms with Crippen LogP contribution in [0.3, 0.4) is 0 Å².